The molecule has 0 aromatic carbocycles. The molecule has 2 aliphatic rings. The topological polar surface area (TPSA) is 98.3 Å². The molecule has 1 aromatic heterocycles. The Labute approximate surface area is 163 Å². The van der Waals surface area contributed by atoms with Gasteiger partial charge in [0.2, 0.25) is 11.8 Å². The lowest BCUT2D eigenvalue weighted by Crippen LogP contribution is -2.26. The van der Waals surface area contributed by atoms with Gasteiger partial charge < -0.3 is 5.73 Å². The summed E-state index contributed by atoms with van der Waals surface area (Å²) in [5.41, 5.74) is 5.38. The molecule has 1 aliphatic carbocycles. The third-order valence-electron chi connectivity index (χ3n) is 3.65. The van der Waals surface area contributed by atoms with Gasteiger partial charge in [0.25, 0.3) is 9.03 Å². The van der Waals surface area contributed by atoms with E-state index in [1.807, 2.05) is 12.2 Å². The lowest BCUT2D eigenvalue weighted by Gasteiger charge is -2.17. The highest BCUT2D eigenvalue weighted by atomic mass is 35.6. The number of amides is 3. The first-order valence-electron chi connectivity index (χ1n) is 7.17. The summed E-state index contributed by atoms with van der Waals surface area (Å²) < 4.78 is 0.835. The number of rotatable bonds is 2. The van der Waals surface area contributed by atoms with E-state index in [4.69, 9.17) is 40.5 Å². The number of hydrogen-bond acceptors (Lipinski definition) is 5. The zero-order valence-corrected chi connectivity index (χ0v) is 16.1. The third kappa shape index (κ3) is 5.13. The number of imide groups is 1. The van der Waals surface area contributed by atoms with E-state index >= 15 is 0 Å². The van der Waals surface area contributed by atoms with Crippen LogP contribution < -0.4 is 5.73 Å². The van der Waals surface area contributed by atoms with Crippen LogP contribution in [0.2, 0.25) is 0 Å². The summed E-state index contributed by atoms with van der Waals surface area (Å²) in [6, 6.07) is 0. The van der Waals surface area contributed by atoms with E-state index in [2.05, 4.69) is 5.10 Å². The number of nitrogens with two attached hydrogens (primary N) is 1. The van der Waals surface area contributed by atoms with E-state index in [-0.39, 0.29) is 23.7 Å². The van der Waals surface area contributed by atoms with Crippen LogP contribution in [0.1, 0.15) is 23.2 Å². The molecule has 2 atom stereocenters. The van der Waals surface area contributed by atoms with Crippen LogP contribution in [0.25, 0.3) is 0 Å². The van der Waals surface area contributed by atoms with Crippen molar-refractivity contribution in [2.24, 2.45) is 24.6 Å². The molecule has 25 heavy (non-hydrogen) atoms. The summed E-state index contributed by atoms with van der Waals surface area (Å²) in [4.78, 5) is 34.2. The maximum atomic E-state index is 11.9. The standard InChI is InChI=1S/C9H8Cl3NO2S.C5H7N3O/c10-9(11,12)16-13-7(14)5-3-1-2-4-6(5)8(13)15;1-8-3-4(2-7-8)5(6)9/h1-2,5-6H,3-4H2;2-3H,1H3,(H2,6,9). The fourth-order valence-corrected chi connectivity index (χ4v) is 3.79. The molecule has 2 N–H and O–H groups in total. The summed E-state index contributed by atoms with van der Waals surface area (Å²) in [5.74, 6) is -1.51. The van der Waals surface area contributed by atoms with Crippen LogP contribution in [0.3, 0.4) is 0 Å². The summed E-state index contributed by atoms with van der Waals surface area (Å²) in [6.07, 6.45) is 8.01. The number of primary amides is 1. The number of aromatic nitrogens is 2. The lowest BCUT2D eigenvalue weighted by molar-refractivity contribution is -0.133. The molecule has 1 saturated heterocycles. The van der Waals surface area contributed by atoms with Gasteiger partial charge >= 0.3 is 0 Å². The van der Waals surface area contributed by atoms with E-state index in [1.54, 1.807) is 13.2 Å². The second-order valence-corrected chi connectivity index (χ2v) is 9.54. The summed E-state index contributed by atoms with van der Waals surface area (Å²) in [6.45, 7) is 0. The lowest BCUT2D eigenvalue weighted by atomic mass is 9.85. The monoisotopic (exact) mass is 424 g/mol. The third-order valence-corrected chi connectivity index (χ3v) is 5.02. The van der Waals surface area contributed by atoms with Crippen LogP contribution in [-0.2, 0) is 16.6 Å². The fraction of sp³-hybridized carbons (Fsp3) is 0.429. The Morgan fingerprint density at radius 2 is 1.76 bits per heavy atom. The second kappa shape index (κ2) is 7.99. The molecule has 1 aliphatic heterocycles. The molecule has 2 heterocycles. The van der Waals surface area contributed by atoms with Crippen molar-refractivity contribution in [1.29, 1.82) is 0 Å². The SMILES string of the molecule is Cn1cc(C(N)=O)cn1.O=C1C2CC=CCC2C(=O)N1SC(Cl)(Cl)Cl. The van der Waals surface area contributed by atoms with E-state index in [0.29, 0.717) is 30.4 Å². The first kappa shape index (κ1) is 20.1. The molecule has 1 aromatic rings. The Hall–Kier alpha value is -1.22. The number of allylic oxidation sites excluding steroid dienone is 2. The van der Waals surface area contributed by atoms with Crippen LogP contribution >= 0.6 is 46.8 Å². The van der Waals surface area contributed by atoms with Gasteiger partial charge in [0.05, 0.1) is 23.6 Å². The number of carbonyl (C=O) groups is 3. The Kier molecular flexibility index (Phi) is 6.42. The number of halogens is 3. The van der Waals surface area contributed by atoms with E-state index < -0.39 is 9.03 Å². The number of nitrogens with zero attached hydrogens (tertiary/aromatic N) is 3. The maximum absolute atomic E-state index is 11.9. The van der Waals surface area contributed by atoms with Crippen LogP contribution in [-0.4, -0.2) is 34.9 Å². The van der Waals surface area contributed by atoms with Crippen molar-refractivity contribution in [1.82, 2.24) is 14.1 Å². The molecule has 0 saturated carbocycles. The van der Waals surface area contributed by atoms with Gasteiger partial charge in [-0.1, -0.05) is 47.0 Å². The molecule has 11 heteroatoms. The quantitative estimate of drug-likeness (QED) is 0.339. The van der Waals surface area contributed by atoms with Crippen molar-refractivity contribution < 1.29 is 14.4 Å². The minimum atomic E-state index is -1.69. The fourth-order valence-electron chi connectivity index (χ4n) is 2.51. The van der Waals surface area contributed by atoms with Crippen LogP contribution in [0, 0.1) is 11.8 Å². The summed E-state index contributed by atoms with van der Waals surface area (Å²) in [5, 5.41) is 3.75. The molecule has 2 unspecified atom stereocenters. The Morgan fingerprint density at radius 3 is 2.08 bits per heavy atom. The number of carbonyl (C=O) groups excluding carboxylic acids is 3. The van der Waals surface area contributed by atoms with Crippen molar-refractivity contribution in [2.45, 2.75) is 16.0 Å². The smallest absolute Gasteiger partial charge is 0.256 e. The Morgan fingerprint density at radius 1 is 1.24 bits per heavy atom. The van der Waals surface area contributed by atoms with Crippen molar-refractivity contribution in [3.8, 4) is 0 Å². The molecule has 3 amide bonds. The van der Waals surface area contributed by atoms with E-state index in [1.165, 1.54) is 10.9 Å². The van der Waals surface area contributed by atoms with Gasteiger partial charge in [0, 0.05) is 25.2 Å². The molecule has 136 valence electrons. The Bertz CT molecular complexity index is 690. The van der Waals surface area contributed by atoms with Gasteiger partial charge in [-0.05, 0) is 12.8 Å². The molecule has 0 bridgehead atoms. The van der Waals surface area contributed by atoms with Gasteiger partial charge in [-0.25, -0.2) is 4.31 Å². The van der Waals surface area contributed by atoms with E-state index in [9.17, 15) is 14.4 Å². The van der Waals surface area contributed by atoms with Crippen molar-refractivity contribution in [2.75, 3.05) is 0 Å². The maximum Gasteiger partial charge on any atom is 0.256 e. The number of aryl methyl sites for hydroxylation is 1. The highest BCUT2D eigenvalue weighted by molar-refractivity contribution is 8.03. The number of hydrogen-bond donors (Lipinski definition) is 1. The van der Waals surface area contributed by atoms with E-state index in [0.717, 1.165) is 4.31 Å². The van der Waals surface area contributed by atoms with Gasteiger partial charge in [-0.3, -0.25) is 19.1 Å². The van der Waals surface area contributed by atoms with Crippen LogP contribution in [0.15, 0.2) is 24.5 Å². The van der Waals surface area contributed by atoms with Crippen molar-refractivity contribution in [3.05, 3.63) is 30.1 Å². The molecular formula is C14H15Cl3N4O3S. The van der Waals surface area contributed by atoms with Gasteiger partial charge in [-0.2, -0.15) is 5.10 Å². The first-order valence-corrected chi connectivity index (χ1v) is 9.08. The normalized spacial score (nSPS) is 22.5. The largest absolute Gasteiger partial charge is 0.366 e. The Balaban J connectivity index is 0.000000212. The minimum Gasteiger partial charge on any atom is -0.366 e. The first-order chi connectivity index (χ1) is 11.6. The van der Waals surface area contributed by atoms with Crippen LogP contribution in [0.5, 0.6) is 0 Å². The molecule has 0 radical (unpaired) electrons. The zero-order valence-electron chi connectivity index (χ0n) is 13.1. The highest BCUT2D eigenvalue weighted by Gasteiger charge is 2.49. The van der Waals surface area contributed by atoms with Crippen molar-refractivity contribution in [3.63, 3.8) is 0 Å². The highest BCUT2D eigenvalue weighted by Crippen LogP contribution is 2.46. The predicted octanol–water partition coefficient (Wildman–Crippen LogP) is 2.43. The minimum absolute atomic E-state index is 0.254. The second-order valence-electron chi connectivity index (χ2n) is 5.43. The zero-order chi connectivity index (χ0) is 18.8. The van der Waals surface area contributed by atoms with Gasteiger partial charge in [0.1, 0.15) is 0 Å². The summed E-state index contributed by atoms with van der Waals surface area (Å²) in [7, 11) is 1.73. The summed E-state index contributed by atoms with van der Waals surface area (Å²) >= 11 is 17.4. The molecule has 3 rings (SSSR count). The average molecular weight is 426 g/mol. The molecular weight excluding hydrogens is 411 g/mol. The molecule has 7 nitrogen and oxygen atoms in total. The molecule has 0 spiro atoms. The van der Waals surface area contributed by atoms with Gasteiger partial charge in [0.15, 0.2) is 0 Å². The van der Waals surface area contributed by atoms with Crippen LogP contribution in [0.4, 0.5) is 0 Å². The molecule has 1 fully saturated rings. The van der Waals surface area contributed by atoms with Gasteiger partial charge in [-0.15, -0.1) is 0 Å². The number of fused-ring (bicyclic) bond motifs is 1. The predicted molar refractivity (Wildman–Crippen MR) is 96.8 cm³/mol. The van der Waals surface area contributed by atoms with Crippen molar-refractivity contribution >= 4 is 64.5 Å². The number of alkyl halides is 3. The average Bonchev–Trinajstić information content (AvgIpc) is 3.06.